The average molecular weight is 297 g/mol. The number of aryl methyl sites for hydroxylation is 1. The Bertz CT molecular complexity index is 806. The lowest BCUT2D eigenvalue weighted by molar-refractivity contribution is 0.0462. The molecule has 0 spiro atoms. The van der Waals surface area contributed by atoms with Gasteiger partial charge in [-0.05, 0) is 36.4 Å². The molecule has 0 N–H and O–H groups in total. The summed E-state index contributed by atoms with van der Waals surface area (Å²) in [7, 11) is 0. The van der Waals surface area contributed by atoms with E-state index in [4.69, 9.17) is 0 Å². The van der Waals surface area contributed by atoms with Crippen molar-refractivity contribution >= 4 is 22.9 Å². The average Bonchev–Trinajstić information content (AvgIpc) is 3.05. The third-order valence-corrected chi connectivity index (χ3v) is 4.94. The highest BCUT2D eigenvalue weighted by Gasteiger charge is 2.35. The summed E-state index contributed by atoms with van der Waals surface area (Å²) in [6.07, 6.45) is 4.86. The zero-order valence-electron chi connectivity index (χ0n) is 11.7. The van der Waals surface area contributed by atoms with Crippen LogP contribution in [0.4, 0.5) is 0 Å². The van der Waals surface area contributed by atoms with Gasteiger partial charge in [-0.25, -0.2) is 4.98 Å². The largest absolute Gasteiger partial charge is 0.329 e. The first-order valence-corrected chi connectivity index (χ1v) is 7.90. The Hall–Kier alpha value is -2.14. The van der Waals surface area contributed by atoms with Crippen LogP contribution in [-0.4, -0.2) is 26.7 Å². The van der Waals surface area contributed by atoms with Crippen molar-refractivity contribution in [3.63, 3.8) is 0 Å². The van der Waals surface area contributed by atoms with E-state index in [0.717, 1.165) is 24.2 Å². The summed E-state index contributed by atoms with van der Waals surface area (Å²) in [6, 6.07) is 8.31. The van der Waals surface area contributed by atoms with Crippen molar-refractivity contribution in [1.29, 1.82) is 0 Å². The maximum atomic E-state index is 12.6. The second kappa shape index (κ2) is 4.70. The van der Waals surface area contributed by atoms with Gasteiger partial charge in [0.05, 0.1) is 6.04 Å². The molecule has 1 aliphatic heterocycles. The van der Waals surface area contributed by atoms with E-state index >= 15 is 0 Å². The molecule has 0 aromatic carbocycles. The lowest BCUT2D eigenvalue weighted by atomic mass is 10.0. The van der Waals surface area contributed by atoms with Gasteiger partial charge in [0.2, 0.25) is 0 Å². The highest BCUT2D eigenvalue weighted by atomic mass is 32.1. The minimum absolute atomic E-state index is 0.0287. The minimum Gasteiger partial charge on any atom is -0.329 e. The molecule has 0 aliphatic carbocycles. The number of aromatic nitrogens is 2. The molecule has 4 heterocycles. The highest BCUT2D eigenvalue weighted by Crippen LogP contribution is 2.36. The summed E-state index contributed by atoms with van der Waals surface area (Å²) >= 11 is 1.71. The normalized spacial score (nSPS) is 18.0. The van der Waals surface area contributed by atoms with Gasteiger partial charge in [-0.1, -0.05) is 12.1 Å². The molecule has 1 saturated heterocycles. The number of nitrogens with zero attached hydrogens (tertiary/aromatic N) is 3. The zero-order valence-corrected chi connectivity index (χ0v) is 12.5. The molecule has 4 rings (SSSR count). The molecule has 3 aromatic heterocycles. The molecule has 1 aliphatic rings. The van der Waals surface area contributed by atoms with Crippen molar-refractivity contribution < 1.29 is 4.79 Å². The molecule has 21 heavy (non-hydrogen) atoms. The van der Waals surface area contributed by atoms with Gasteiger partial charge < -0.3 is 9.30 Å². The molecule has 3 aromatic rings. The van der Waals surface area contributed by atoms with Gasteiger partial charge in [0.25, 0.3) is 5.91 Å². The van der Waals surface area contributed by atoms with Crippen molar-refractivity contribution in [3.8, 4) is 0 Å². The molecule has 0 bridgehead atoms. The van der Waals surface area contributed by atoms with Gasteiger partial charge in [0, 0.05) is 23.8 Å². The molecule has 4 nitrogen and oxygen atoms in total. The molecular formula is C16H15N3OS. The predicted molar refractivity (Wildman–Crippen MR) is 82.6 cm³/mol. The maximum Gasteiger partial charge on any atom is 0.274 e. The Kier molecular flexibility index (Phi) is 2.82. The van der Waals surface area contributed by atoms with Crippen LogP contribution in [0.3, 0.4) is 0 Å². The van der Waals surface area contributed by atoms with Gasteiger partial charge in [-0.15, -0.1) is 11.3 Å². The second-order valence-electron chi connectivity index (χ2n) is 5.42. The fourth-order valence-electron chi connectivity index (χ4n) is 2.76. The molecule has 106 valence electrons. The predicted octanol–water partition coefficient (Wildman–Crippen LogP) is 3.29. The van der Waals surface area contributed by atoms with Crippen LogP contribution in [-0.2, 0) is 0 Å². The molecule has 1 unspecified atom stereocenters. The van der Waals surface area contributed by atoms with Gasteiger partial charge in [0.1, 0.15) is 11.3 Å². The van der Waals surface area contributed by atoms with Crippen LogP contribution in [0, 0.1) is 6.92 Å². The number of thiophene rings is 1. The van der Waals surface area contributed by atoms with Crippen LogP contribution in [0.1, 0.15) is 33.4 Å². The molecule has 0 radical (unpaired) electrons. The summed E-state index contributed by atoms with van der Waals surface area (Å²) in [4.78, 5) is 20.3. The summed E-state index contributed by atoms with van der Waals surface area (Å²) in [5, 5.41) is 2.06. The summed E-state index contributed by atoms with van der Waals surface area (Å²) in [5.74, 6) is 0.0287. The van der Waals surface area contributed by atoms with Crippen LogP contribution < -0.4 is 0 Å². The lowest BCUT2D eigenvalue weighted by Crippen LogP contribution is -2.44. The van der Waals surface area contributed by atoms with Gasteiger partial charge >= 0.3 is 0 Å². The molecule has 1 amide bonds. The zero-order chi connectivity index (χ0) is 14.4. The lowest BCUT2D eigenvalue weighted by Gasteiger charge is -2.40. The SMILES string of the molecule is Cc1ccc2nc(C(=O)N3CCC3c3cccs3)cn2c1. The number of likely N-dealkylation sites (tertiary alicyclic amines) is 1. The number of hydrogen-bond acceptors (Lipinski definition) is 3. The van der Waals surface area contributed by atoms with Crippen LogP contribution in [0.15, 0.2) is 42.0 Å². The van der Waals surface area contributed by atoms with Crippen LogP contribution >= 0.6 is 11.3 Å². The maximum absolute atomic E-state index is 12.6. The molecular weight excluding hydrogens is 282 g/mol. The fourth-order valence-corrected chi connectivity index (χ4v) is 3.63. The minimum atomic E-state index is 0.0287. The fraction of sp³-hybridized carbons (Fsp3) is 0.250. The standard InChI is InChI=1S/C16H15N3OS/c1-11-4-5-15-17-12(10-18(15)9-11)16(20)19-7-6-13(19)14-3-2-8-21-14/h2-5,8-10,13H,6-7H2,1H3. The Morgan fingerprint density at radius 1 is 1.33 bits per heavy atom. The summed E-state index contributed by atoms with van der Waals surface area (Å²) in [5.41, 5.74) is 2.50. The van der Waals surface area contributed by atoms with E-state index in [9.17, 15) is 4.79 Å². The summed E-state index contributed by atoms with van der Waals surface area (Å²) in [6.45, 7) is 2.84. The van der Waals surface area contributed by atoms with E-state index in [0.29, 0.717) is 5.69 Å². The molecule has 1 atom stereocenters. The van der Waals surface area contributed by atoms with Crippen molar-refractivity contribution in [2.45, 2.75) is 19.4 Å². The van der Waals surface area contributed by atoms with E-state index in [-0.39, 0.29) is 11.9 Å². The first kappa shape index (κ1) is 12.6. The highest BCUT2D eigenvalue weighted by molar-refractivity contribution is 7.10. The number of carbonyl (C=O) groups excluding carboxylic acids is 1. The van der Waals surface area contributed by atoms with Crippen molar-refractivity contribution in [1.82, 2.24) is 14.3 Å². The number of carbonyl (C=O) groups is 1. The number of imidazole rings is 1. The number of pyridine rings is 1. The molecule has 0 saturated carbocycles. The quantitative estimate of drug-likeness (QED) is 0.728. The van der Waals surface area contributed by atoms with Crippen LogP contribution in [0.25, 0.3) is 5.65 Å². The summed E-state index contributed by atoms with van der Waals surface area (Å²) < 4.78 is 1.92. The van der Waals surface area contributed by atoms with E-state index in [1.165, 1.54) is 4.88 Å². The topological polar surface area (TPSA) is 37.6 Å². The van der Waals surface area contributed by atoms with Gasteiger partial charge in [-0.3, -0.25) is 4.79 Å². The number of hydrogen-bond donors (Lipinski definition) is 0. The van der Waals surface area contributed by atoms with Crippen molar-refractivity contribution in [2.24, 2.45) is 0 Å². The van der Waals surface area contributed by atoms with E-state index in [1.54, 1.807) is 11.3 Å². The third-order valence-electron chi connectivity index (χ3n) is 3.97. The van der Waals surface area contributed by atoms with Crippen LogP contribution in [0.2, 0.25) is 0 Å². The first-order chi connectivity index (χ1) is 10.2. The molecule has 5 heteroatoms. The van der Waals surface area contributed by atoms with E-state index in [2.05, 4.69) is 16.4 Å². The Morgan fingerprint density at radius 2 is 2.24 bits per heavy atom. The van der Waals surface area contributed by atoms with Crippen molar-refractivity contribution in [2.75, 3.05) is 6.54 Å². The number of rotatable bonds is 2. The first-order valence-electron chi connectivity index (χ1n) is 7.02. The van der Waals surface area contributed by atoms with Gasteiger partial charge in [-0.2, -0.15) is 0 Å². The Morgan fingerprint density at radius 3 is 2.95 bits per heavy atom. The van der Waals surface area contributed by atoms with E-state index in [1.807, 2.05) is 46.8 Å². The number of fused-ring (bicyclic) bond motifs is 1. The monoisotopic (exact) mass is 297 g/mol. The smallest absolute Gasteiger partial charge is 0.274 e. The van der Waals surface area contributed by atoms with E-state index < -0.39 is 0 Å². The Balaban J connectivity index is 1.64. The second-order valence-corrected chi connectivity index (χ2v) is 6.40. The van der Waals surface area contributed by atoms with Crippen molar-refractivity contribution in [3.05, 3.63) is 58.2 Å². The van der Waals surface area contributed by atoms with Crippen LogP contribution in [0.5, 0.6) is 0 Å². The Labute approximate surface area is 126 Å². The third kappa shape index (κ3) is 2.05. The van der Waals surface area contributed by atoms with Gasteiger partial charge in [0.15, 0.2) is 0 Å². The molecule has 1 fully saturated rings. The number of amides is 1.